The van der Waals surface area contributed by atoms with Crippen molar-refractivity contribution in [3.05, 3.63) is 30.1 Å². The fourth-order valence-corrected chi connectivity index (χ4v) is 2.04. The van der Waals surface area contributed by atoms with Crippen LogP contribution in [0.3, 0.4) is 0 Å². The van der Waals surface area contributed by atoms with Crippen LogP contribution in [0.15, 0.2) is 24.4 Å². The molecule has 0 amide bonds. The highest BCUT2D eigenvalue weighted by molar-refractivity contribution is 5.11. The Hall–Kier alpha value is -0.970. The van der Waals surface area contributed by atoms with Crippen molar-refractivity contribution in [2.45, 2.75) is 25.9 Å². The summed E-state index contributed by atoms with van der Waals surface area (Å²) in [5.41, 5.74) is 7.12. The van der Waals surface area contributed by atoms with Crippen molar-refractivity contribution in [1.82, 2.24) is 9.88 Å². The van der Waals surface area contributed by atoms with Gasteiger partial charge in [-0.2, -0.15) is 0 Å². The van der Waals surface area contributed by atoms with Crippen LogP contribution in [0.4, 0.5) is 0 Å². The van der Waals surface area contributed by atoms with Crippen molar-refractivity contribution < 1.29 is 4.74 Å². The van der Waals surface area contributed by atoms with Gasteiger partial charge < -0.3 is 10.5 Å². The molecule has 1 aromatic heterocycles. The molecular weight excluding hydrogens is 214 g/mol. The Labute approximate surface area is 104 Å². The molecule has 0 saturated carbocycles. The quantitative estimate of drug-likeness (QED) is 0.779. The number of rotatable bonds is 7. The number of nitrogens with zero attached hydrogens (tertiary/aromatic N) is 2. The van der Waals surface area contributed by atoms with Crippen molar-refractivity contribution >= 4 is 0 Å². The maximum Gasteiger partial charge on any atom is 0.0671 e. The number of hydrogen-bond donors (Lipinski definition) is 1. The zero-order valence-electron chi connectivity index (χ0n) is 11.0. The van der Waals surface area contributed by atoms with Crippen LogP contribution in [0.2, 0.25) is 0 Å². The Bertz CT molecular complexity index is 303. The third-order valence-corrected chi connectivity index (χ3v) is 2.87. The number of nitrogens with two attached hydrogens (primary N) is 1. The van der Waals surface area contributed by atoms with Gasteiger partial charge in [0.25, 0.3) is 0 Å². The fourth-order valence-electron chi connectivity index (χ4n) is 2.04. The summed E-state index contributed by atoms with van der Waals surface area (Å²) in [6.45, 7) is 6.68. The molecule has 1 heterocycles. The van der Waals surface area contributed by atoms with Gasteiger partial charge in [-0.3, -0.25) is 9.88 Å². The third kappa shape index (κ3) is 4.07. The normalized spacial score (nSPS) is 14.9. The van der Waals surface area contributed by atoms with E-state index < -0.39 is 0 Å². The molecule has 96 valence electrons. The van der Waals surface area contributed by atoms with Gasteiger partial charge in [-0.25, -0.2) is 0 Å². The summed E-state index contributed by atoms with van der Waals surface area (Å²) in [6, 6.07) is 6.15. The van der Waals surface area contributed by atoms with Gasteiger partial charge in [-0.15, -0.1) is 0 Å². The summed E-state index contributed by atoms with van der Waals surface area (Å²) in [5.74, 6) is 0. The number of methoxy groups -OCH3 is 1. The van der Waals surface area contributed by atoms with E-state index in [4.69, 9.17) is 10.5 Å². The van der Waals surface area contributed by atoms with Crippen molar-refractivity contribution in [2.75, 3.05) is 26.8 Å². The van der Waals surface area contributed by atoms with Crippen LogP contribution < -0.4 is 5.73 Å². The van der Waals surface area contributed by atoms with E-state index in [-0.39, 0.29) is 12.1 Å². The predicted molar refractivity (Wildman–Crippen MR) is 69.8 cm³/mol. The van der Waals surface area contributed by atoms with E-state index in [9.17, 15) is 0 Å². The molecule has 0 aliphatic rings. The van der Waals surface area contributed by atoms with E-state index in [0.29, 0.717) is 6.61 Å². The van der Waals surface area contributed by atoms with Gasteiger partial charge in [0, 0.05) is 25.9 Å². The molecule has 0 aromatic carbocycles. The first-order valence-corrected chi connectivity index (χ1v) is 6.10. The maximum absolute atomic E-state index is 6.09. The second-order valence-electron chi connectivity index (χ2n) is 4.18. The average Bonchev–Trinajstić information content (AvgIpc) is 2.35. The molecule has 4 nitrogen and oxygen atoms in total. The standard InChI is InChI=1S/C13H23N3O/c1-4-16(9-10-17-3)13(11(2)14)12-7-5-6-8-15-12/h5-8,11,13H,4,9-10,14H2,1-3H3. The molecule has 2 N–H and O–H groups in total. The lowest BCUT2D eigenvalue weighted by atomic mass is 10.0. The first-order valence-electron chi connectivity index (χ1n) is 6.10. The molecule has 0 saturated heterocycles. The molecule has 1 rings (SSSR count). The van der Waals surface area contributed by atoms with Crippen LogP contribution in [0.25, 0.3) is 0 Å². The summed E-state index contributed by atoms with van der Waals surface area (Å²) in [6.07, 6.45) is 1.81. The van der Waals surface area contributed by atoms with E-state index in [0.717, 1.165) is 18.8 Å². The molecule has 4 heteroatoms. The molecule has 0 spiro atoms. The predicted octanol–water partition coefficient (Wildman–Crippen LogP) is 1.44. The van der Waals surface area contributed by atoms with Gasteiger partial charge in [-0.1, -0.05) is 13.0 Å². The summed E-state index contributed by atoms with van der Waals surface area (Å²) >= 11 is 0. The Morgan fingerprint density at radius 1 is 1.47 bits per heavy atom. The van der Waals surface area contributed by atoms with Crippen LogP contribution in [0, 0.1) is 0 Å². The minimum atomic E-state index is 0.0432. The fraction of sp³-hybridized carbons (Fsp3) is 0.615. The zero-order valence-corrected chi connectivity index (χ0v) is 11.0. The lowest BCUT2D eigenvalue weighted by Gasteiger charge is -2.32. The van der Waals surface area contributed by atoms with Gasteiger partial charge in [0.1, 0.15) is 0 Å². The smallest absolute Gasteiger partial charge is 0.0671 e. The highest BCUT2D eigenvalue weighted by Crippen LogP contribution is 2.20. The second-order valence-corrected chi connectivity index (χ2v) is 4.18. The van der Waals surface area contributed by atoms with E-state index in [1.165, 1.54) is 0 Å². The van der Waals surface area contributed by atoms with Gasteiger partial charge in [0.2, 0.25) is 0 Å². The summed E-state index contributed by atoms with van der Waals surface area (Å²) in [5, 5.41) is 0. The molecule has 1 aromatic rings. The highest BCUT2D eigenvalue weighted by Gasteiger charge is 2.23. The second kappa shape index (κ2) is 7.37. The first-order chi connectivity index (χ1) is 8.20. The average molecular weight is 237 g/mol. The van der Waals surface area contributed by atoms with Crippen LogP contribution in [-0.2, 0) is 4.74 Å². The lowest BCUT2D eigenvalue weighted by Crippen LogP contribution is -2.41. The van der Waals surface area contributed by atoms with E-state index in [2.05, 4.69) is 16.8 Å². The molecule has 0 radical (unpaired) electrons. The molecule has 0 fully saturated rings. The number of hydrogen-bond acceptors (Lipinski definition) is 4. The first kappa shape index (κ1) is 14.1. The maximum atomic E-state index is 6.09. The third-order valence-electron chi connectivity index (χ3n) is 2.87. The SMILES string of the molecule is CCN(CCOC)C(c1ccccn1)C(C)N. The van der Waals surface area contributed by atoms with Crippen LogP contribution in [-0.4, -0.2) is 42.7 Å². The lowest BCUT2D eigenvalue weighted by molar-refractivity contribution is 0.113. The topological polar surface area (TPSA) is 51.4 Å². The van der Waals surface area contributed by atoms with Crippen molar-refractivity contribution in [2.24, 2.45) is 5.73 Å². The Balaban J connectivity index is 2.83. The van der Waals surface area contributed by atoms with Crippen molar-refractivity contribution in [3.8, 4) is 0 Å². The minimum Gasteiger partial charge on any atom is -0.383 e. The molecule has 2 atom stereocenters. The molecule has 0 aliphatic heterocycles. The largest absolute Gasteiger partial charge is 0.383 e. The van der Waals surface area contributed by atoms with E-state index in [1.54, 1.807) is 7.11 Å². The zero-order chi connectivity index (χ0) is 12.7. The molecular formula is C13H23N3O. The molecule has 0 bridgehead atoms. The Morgan fingerprint density at radius 3 is 2.71 bits per heavy atom. The van der Waals surface area contributed by atoms with E-state index in [1.807, 2.05) is 31.3 Å². The number of pyridine rings is 1. The van der Waals surface area contributed by atoms with Crippen LogP contribution in [0.5, 0.6) is 0 Å². The molecule has 2 unspecified atom stereocenters. The number of aromatic nitrogens is 1. The summed E-state index contributed by atoms with van der Waals surface area (Å²) in [4.78, 5) is 6.72. The van der Waals surface area contributed by atoms with E-state index >= 15 is 0 Å². The van der Waals surface area contributed by atoms with Crippen molar-refractivity contribution in [1.29, 1.82) is 0 Å². The minimum absolute atomic E-state index is 0.0432. The molecule has 17 heavy (non-hydrogen) atoms. The Kier molecular flexibility index (Phi) is 6.11. The Morgan fingerprint density at radius 2 is 2.24 bits per heavy atom. The van der Waals surface area contributed by atoms with Crippen molar-refractivity contribution in [3.63, 3.8) is 0 Å². The monoisotopic (exact) mass is 237 g/mol. The molecule has 0 aliphatic carbocycles. The van der Waals surface area contributed by atoms with Crippen LogP contribution in [0.1, 0.15) is 25.6 Å². The van der Waals surface area contributed by atoms with Gasteiger partial charge in [0.15, 0.2) is 0 Å². The van der Waals surface area contributed by atoms with Crippen LogP contribution >= 0.6 is 0 Å². The highest BCUT2D eigenvalue weighted by atomic mass is 16.5. The van der Waals surface area contributed by atoms with Gasteiger partial charge >= 0.3 is 0 Å². The summed E-state index contributed by atoms with van der Waals surface area (Å²) < 4.78 is 5.14. The summed E-state index contributed by atoms with van der Waals surface area (Å²) in [7, 11) is 1.72. The number of likely N-dealkylation sites (N-methyl/N-ethyl adjacent to an activating group) is 1. The van der Waals surface area contributed by atoms with Gasteiger partial charge in [-0.05, 0) is 25.6 Å². The van der Waals surface area contributed by atoms with Gasteiger partial charge in [0.05, 0.1) is 18.3 Å². The number of ether oxygens (including phenoxy) is 1.